The minimum absolute atomic E-state index is 0.366. The maximum Gasteiger partial charge on any atom is 0.519 e. The lowest BCUT2D eigenvalue weighted by molar-refractivity contribution is 0.109. The molecule has 0 radical (unpaired) electrons. The third-order valence-electron chi connectivity index (χ3n) is 1.73. The van der Waals surface area contributed by atoms with Gasteiger partial charge in [0.15, 0.2) is 0 Å². The number of hydrogen-bond donors (Lipinski definition) is 2. The van der Waals surface area contributed by atoms with Crippen LogP contribution in [0.5, 0.6) is 0 Å². The van der Waals surface area contributed by atoms with Crippen molar-refractivity contribution in [1.29, 1.82) is 0 Å². The highest BCUT2D eigenvalue weighted by Gasteiger charge is 2.21. The van der Waals surface area contributed by atoms with Gasteiger partial charge in [0.05, 0.1) is 18.9 Å². The van der Waals surface area contributed by atoms with E-state index in [-0.39, 0.29) is 0 Å². The van der Waals surface area contributed by atoms with Crippen molar-refractivity contribution in [3.63, 3.8) is 0 Å². The Morgan fingerprint density at radius 3 is 3.00 bits per heavy atom. The first-order chi connectivity index (χ1) is 5.77. The highest BCUT2D eigenvalue weighted by Crippen LogP contribution is 2.17. The quantitative estimate of drug-likeness (QED) is 0.545. The van der Waals surface area contributed by atoms with Crippen LogP contribution in [-0.2, 0) is 17.8 Å². The maximum absolute atomic E-state index is 8.84. The lowest BCUT2D eigenvalue weighted by Crippen LogP contribution is -2.29. The molecule has 0 amide bonds. The van der Waals surface area contributed by atoms with E-state index < -0.39 is 7.12 Å². The zero-order chi connectivity index (χ0) is 8.55. The van der Waals surface area contributed by atoms with Crippen molar-refractivity contribution in [1.82, 2.24) is 4.98 Å². The summed E-state index contributed by atoms with van der Waals surface area (Å²) < 4.78 is 5.17. The lowest BCUT2D eigenvalue weighted by Gasteiger charge is -2.08. The molecule has 0 bridgehead atoms. The van der Waals surface area contributed by atoms with Crippen LogP contribution in [0.2, 0.25) is 0 Å². The molecule has 2 N–H and O–H groups in total. The number of ether oxygens (including phenoxy) is 1. The molecule has 0 spiro atoms. The molecule has 0 saturated heterocycles. The Bertz CT molecular complexity index is 265. The van der Waals surface area contributed by atoms with Gasteiger partial charge in [0, 0.05) is 11.3 Å². The predicted octanol–water partition coefficient (Wildman–Crippen LogP) is -1.10. The summed E-state index contributed by atoms with van der Waals surface area (Å²) >= 11 is 1.35. The van der Waals surface area contributed by atoms with Gasteiger partial charge in [-0.15, -0.1) is 11.3 Å². The van der Waals surface area contributed by atoms with E-state index in [2.05, 4.69) is 4.98 Å². The van der Waals surface area contributed by atoms with Crippen LogP contribution in [0.15, 0.2) is 0 Å². The zero-order valence-electron chi connectivity index (χ0n) is 6.36. The fourth-order valence-corrected chi connectivity index (χ4v) is 2.08. The van der Waals surface area contributed by atoms with Gasteiger partial charge in [-0.1, -0.05) is 0 Å². The molecule has 2 heterocycles. The molecule has 12 heavy (non-hydrogen) atoms. The Balaban J connectivity index is 2.32. The zero-order valence-corrected chi connectivity index (χ0v) is 7.17. The third kappa shape index (κ3) is 1.38. The number of rotatable bonds is 1. The van der Waals surface area contributed by atoms with Gasteiger partial charge in [0.2, 0.25) is 0 Å². The fourth-order valence-electron chi connectivity index (χ4n) is 1.16. The molecule has 0 saturated carbocycles. The standard InChI is InChI=1S/C6H8BNO3S/c9-7(10)6-8-4-3-11-2-1-5(4)12-6/h9-10H,1-3H2. The highest BCUT2D eigenvalue weighted by molar-refractivity contribution is 7.21. The van der Waals surface area contributed by atoms with E-state index in [0.29, 0.717) is 18.1 Å². The normalized spacial score (nSPS) is 15.8. The molecule has 0 aromatic carbocycles. The minimum atomic E-state index is -1.44. The van der Waals surface area contributed by atoms with Crippen molar-refractivity contribution in [2.75, 3.05) is 6.61 Å². The van der Waals surface area contributed by atoms with E-state index in [9.17, 15) is 0 Å². The largest absolute Gasteiger partial charge is 0.519 e. The summed E-state index contributed by atoms with van der Waals surface area (Å²) in [6.07, 6.45) is 0.833. The Labute approximate surface area is 74.0 Å². The molecule has 1 aliphatic rings. The van der Waals surface area contributed by atoms with Crippen molar-refractivity contribution >= 4 is 23.4 Å². The number of hydrogen-bond acceptors (Lipinski definition) is 5. The van der Waals surface area contributed by atoms with Gasteiger partial charge >= 0.3 is 7.12 Å². The average Bonchev–Trinajstić information content (AvgIpc) is 2.46. The molecule has 1 aromatic rings. The first-order valence-corrected chi connectivity index (χ1v) is 4.51. The molecule has 1 aromatic heterocycles. The average molecular weight is 185 g/mol. The van der Waals surface area contributed by atoms with Crippen LogP contribution in [0.25, 0.3) is 0 Å². The predicted molar refractivity (Wildman–Crippen MR) is 45.3 cm³/mol. The number of nitrogens with zero attached hydrogens (tertiary/aromatic N) is 1. The summed E-state index contributed by atoms with van der Waals surface area (Å²) in [5, 5.41) is 17.7. The summed E-state index contributed by atoms with van der Waals surface area (Å²) in [7, 11) is -1.44. The molecular weight excluding hydrogens is 177 g/mol. The molecule has 4 nitrogen and oxygen atoms in total. The van der Waals surface area contributed by atoms with E-state index >= 15 is 0 Å². The van der Waals surface area contributed by atoms with Gasteiger partial charge in [-0.25, -0.2) is 4.98 Å². The SMILES string of the molecule is OB(O)c1nc2c(s1)CCOC2. The van der Waals surface area contributed by atoms with Crippen LogP contribution >= 0.6 is 11.3 Å². The van der Waals surface area contributed by atoms with Gasteiger partial charge in [0.25, 0.3) is 0 Å². The molecule has 2 rings (SSSR count). The van der Waals surface area contributed by atoms with Gasteiger partial charge < -0.3 is 14.8 Å². The van der Waals surface area contributed by atoms with E-state index in [1.54, 1.807) is 0 Å². The first-order valence-electron chi connectivity index (χ1n) is 3.69. The summed E-state index contributed by atoms with van der Waals surface area (Å²) in [5.41, 5.74) is 0.856. The molecule has 0 fully saturated rings. The summed E-state index contributed by atoms with van der Waals surface area (Å²) in [5.74, 6) is 0. The molecule has 0 aliphatic carbocycles. The van der Waals surface area contributed by atoms with Gasteiger partial charge in [0.1, 0.15) is 4.91 Å². The second-order valence-electron chi connectivity index (χ2n) is 2.60. The van der Waals surface area contributed by atoms with E-state index in [4.69, 9.17) is 14.8 Å². The van der Waals surface area contributed by atoms with E-state index in [1.807, 2.05) is 0 Å². The number of fused-ring (bicyclic) bond motifs is 1. The second-order valence-corrected chi connectivity index (χ2v) is 3.71. The summed E-state index contributed by atoms with van der Waals surface area (Å²) in [4.78, 5) is 5.53. The van der Waals surface area contributed by atoms with Crippen LogP contribution in [0.1, 0.15) is 10.6 Å². The maximum atomic E-state index is 8.84. The van der Waals surface area contributed by atoms with Crippen molar-refractivity contribution < 1.29 is 14.8 Å². The fraction of sp³-hybridized carbons (Fsp3) is 0.500. The van der Waals surface area contributed by atoms with Crippen molar-refractivity contribution in [3.05, 3.63) is 10.6 Å². The molecule has 1 aliphatic heterocycles. The minimum Gasteiger partial charge on any atom is -0.422 e. The van der Waals surface area contributed by atoms with Crippen molar-refractivity contribution in [2.45, 2.75) is 13.0 Å². The van der Waals surface area contributed by atoms with Gasteiger partial charge in [-0.2, -0.15) is 0 Å². The summed E-state index contributed by atoms with van der Waals surface area (Å²) in [6.45, 7) is 1.20. The number of thiazole rings is 1. The van der Waals surface area contributed by atoms with Crippen LogP contribution in [-0.4, -0.2) is 28.8 Å². The van der Waals surface area contributed by atoms with Crippen LogP contribution in [0.3, 0.4) is 0 Å². The van der Waals surface area contributed by atoms with Gasteiger partial charge in [-0.3, -0.25) is 0 Å². The smallest absolute Gasteiger partial charge is 0.422 e. The Kier molecular flexibility index (Phi) is 2.14. The topological polar surface area (TPSA) is 62.6 Å². The van der Waals surface area contributed by atoms with E-state index in [1.165, 1.54) is 11.3 Å². The molecule has 0 atom stereocenters. The second kappa shape index (κ2) is 3.14. The third-order valence-corrected chi connectivity index (χ3v) is 2.93. The van der Waals surface area contributed by atoms with Crippen LogP contribution in [0.4, 0.5) is 0 Å². The lowest BCUT2D eigenvalue weighted by atomic mass is 9.94. The molecule has 64 valence electrons. The molecule has 6 heteroatoms. The molecular formula is C6H8BNO3S. The van der Waals surface area contributed by atoms with Crippen molar-refractivity contribution in [2.24, 2.45) is 0 Å². The number of aromatic nitrogens is 1. The summed E-state index contributed by atoms with van der Waals surface area (Å²) in [6, 6.07) is 0. The Morgan fingerprint density at radius 1 is 1.50 bits per heavy atom. The Hall–Kier alpha value is -0.425. The van der Waals surface area contributed by atoms with Gasteiger partial charge in [-0.05, 0) is 0 Å². The molecule has 0 unspecified atom stereocenters. The highest BCUT2D eigenvalue weighted by atomic mass is 32.1. The Morgan fingerprint density at radius 2 is 2.33 bits per heavy atom. The monoisotopic (exact) mass is 185 g/mol. The van der Waals surface area contributed by atoms with E-state index in [0.717, 1.165) is 17.0 Å². The van der Waals surface area contributed by atoms with Crippen molar-refractivity contribution in [3.8, 4) is 0 Å². The van der Waals surface area contributed by atoms with Crippen LogP contribution < -0.4 is 4.91 Å². The van der Waals surface area contributed by atoms with Crippen LogP contribution in [0, 0.1) is 0 Å². The first kappa shape index (κ1) is 8.19.